The monoisotopic (exact) mass is 570 g/mol. The number of hydrogen-bond donors (Lipinski definition) is 0. The lowest BCUT2D eigenvalue weighted by atomic mass is 10.1. The first-order chi connectivity index (χ1) is 17.1. The fourth-order valence-electron chi connectivity index (χ4n) is 4.47. The molecule has 11 heteroatoms. The summed E-state index contributed by atoms with van der Waals surface area (Å²) in [4.78, 5) is 25.7. The van der Waals surface area contributed by atoms with E-state index in [0.717, 1.165) is 12.8 Å². The van der Waals surface area contributed by atoms with Crippen LogP contribution in [0.2, 0.25) is 0 Å². The maximum absolute atomic E-state index is 15.0. The Hall–Kier alpha value is -2.24. The minimum absolute atomic E-state index is 0.0188. The van der Waals surface area contributed by atoms with Crippen molar-refractivity contribution in [3.63, 3.8) is 0 Å². The van der Waals surface area contributed by atoms with Crippen molar-refractivity contribution in [1.82, 2.24) is 14.9 Å². The second-order valence-electron chi connectivity index (χ2n) is 9.48. The zero-order chi connectivity index (χ0) is 26.6. The molecule has 2 aromatic rings. The van der Waals surface area contributed by atoms with Gasteiger partial charge in [-0.2, -0.15) is 9.97 Å². The van der Waals surface area contributed by atoms with Gasteiger partial charge in [0.15, 0.2) is 12.1 Å². The summed E-state index contributed by atoms with van der Waals surface area (Å²) in [5.74, 6) is 0.0786. The molecule has 2 unspecified atom stereocenters. The number of hydrogen-bond acceptors (Lipinski definition) is 8. The minimum Gasteiger partial charge on any atom is -0.458 e. The summed E-state index contributed by atoms with van der Waals surface area (Å²) >= 11 is 3.23. The van der Waals surface area contributed by atoms with Gasteiger partial charge in [-0.1, -0.05) is 13.8 Å². The van der Waals surface area contributed by atoms with Gasteiger partial charge in [-0.15, -0.1) is 0 Å². The smallest absolute Gasteiger partial charge is 0.410 e. The average molecular weight is 571 g/mol. The Morgan fingerprint density at radius 2 is 1.75 bits per heavy atom. The molecule has 200 valence electrons. The zero-order valence-electron chi connectivity index (χ0n) is 22.0. The van der Waals surface area contributed by atoms with Gasteiger partial charge >= 0.3 is 12.1 Å². The standard InChI is InChI=1S/C23H30BrFN4O5.C2H6/c1-23(2,3)34-22(30)29-13-6-7-14(29)11-28(10-13)20-15-8-9-16(24)18(25)19(15)26-21(27-20)33-12-17(31-4)32-5;1-2/h8-9,13-14,17H,6-7,10-12H2,1-5H3;1-2H3. The lowest BCUT2D eigenvalue weighted by Crippen LogP contribution is -2.57. The molecule has 1 aromatic heterocycles. The summed E-state index contributed by atoms with van der Waals surface area (Å²) in [6.07, 6.45) is 0.839. The molecule has 0 N–H and O–H groups in total. The van der Waals surface area contributed by atoms with Gasteiger partial charge in [-0.25, -0.2) is 9.18 Å². The molecule has 2 atom stereocenters. The van der Waals surface area contributed by atoms with E-state index in [1.807, 2.05) is 39.5 Å². The summed E-state index contributed by atoms with van der Waals surface area (Å²) in [5.41, 5.74) is -0.404. The molecule has 2 fully saturated rings. The molecule has 3 heterocycles. The summed E-state index contributed by atoms with van der Waals surface area (Å²) in [7, 11) is 3.00. The van der Waals surface area contributed by atoms with Crippen molar-refractivity contribution < 1.29 is 28.1 Å². The number of carbonyl (C=O) groups is 1. The van der Waals surface area contributed by atoms with E-state index in [9.17, 15) is 4.79 Å². The van der Waals surface area contributed by atoms with E-state index < -0.39 is 17.7 Å². The van der Waals surface area contributed by atoms with E-state index in [2.05, 4.69) is 30.8 Å². The molecular formula is C25H36BrFN4O5. The minimum atomic E-state index is -0.608. The fourth-order valence-corrected chi connectivity index (χ4v) is 4.79. The predicted molar refractivity (Wildman–Crippen MR) is 139 cm³/mol. The number of rotatable bonds is 6. The van der Waals surface area contributed by atoms with Crippen LogP contribution in [0.5, 0.6) is 6.01 Å². The van der Waals surface area contributed by atoms with Gasteiger partial charge in [-0.05, 0) is 61.7 Å². The molecular weight excluding hydrogens is 535 g/mol. The first kappa shape index (κ1) is 28.3. The highest BCUT2D eigenvalue weighted by Gasteiger charge is 2.45. The van der Waals surface area contributed by atoms with Crippen molar-refractivity contribution in [2.24, 2.45) is 0 Å². The molecule has 36 heavy (non-hydrogen) atoms. The van der Waals surface area contributed by atoms with E-state index in [0.29, 0.717) is 28.8 Å². The van der Waals surface area contributed by atoms with Crippen LogP contribution in [-0.2, 0) is 14.2 Å². The molecule has 2 aliphatic rings. The van der Waals surface area contributed by atoms with Crippen LogP contribution in [0, 0.1) is 5.82 Å². The summed E-state index contributed by atoms with van der Waals surface area (Å²) < 4.78 is 37.0. The number of ether oxygens (including phenoxy) is 4. The van der Waals surface area contributed by atoms with Crippen molar-refractivity contribution in [1.29, 1.82) is 0 Å². The van der Waals surface area contributed by atoms with Gasteiger partial charge in [0.05, 0.1) is 16.6 Å². The molecule has 2 bridgehead atoms. The first-order valence-corrected chi connectivity index (χ1v) is 13.0. The van der Waals surface area contributed by atoms with Crippen molar-refractivity contribution in [2.45, 2.75) is 71.4 Å². The quantitative estimate of drug-likeness (QED) is 0.441. The van der Waals surface area contributed by atoms with Crippen LogP contribution < -0.4 is 9.64 Å². The van der Waals surface area contributed by atoms with Crippen LogP contribution in [-0.4, -0.2) is 78.9 Å². The van der Waals surface area contributed by atoms with Crippen molar-refractivity contribution in [3.8, 4) is 6.01 Å². The Morgan fingerprint density at radius 1 is 1.14 bits per heavy atom. The largest absolute Gasteiger partial charge is 0.458 e. The van der Waals surface area contributed by atoms with Crippen LogP contribution in [0.1, 0.15) is 47.5 Å². The van der Waals surface area contributed by atoms with Crippen LogP contribution >= 0.6 is 15.9 Å². The summed E-state index contributed by atoms with van der Waals surface area (Å²) in [5, 5.41) is 0.577. The summed E-state index contributed by atoms with van der Waals surface area (Å²) in [6, 6.07) is 3.42. The molecule has 1 amide bonds. The highest BCUT2D eigenvalue weighted by atomic mass is 79.9. The van der Waals surface area contributed by atoms with Crippen LogP contribution in [0.15, 0.2) is 16.6 Å². The van der Waals surface area contributed by atoms with E-state index in [4.69, 9.17) is 18.9 Å². The second kappa shape index (κ2) is 11.9. The number of benzene rings is 1. The third-order valence-corrected chi connectivity index (χ3v) is 6.59. The van der Waals surface area contributed by atoms with Crippen LogP contribution in [0.3, 0.4) is 0 Å². The third kappa shape index (κ3) is 6.18. The molecule has 0 spiro atoms. The van der Waals surface area contributed by atoms with E-state index in [-0.39, 0.29) is 36.3 Å². The van der Waals surface area contributed by atoms with E-state index >= 15 is 4.39 Å². The van der Waals surface area contributed by atoms with Gasteiger partial charge in [0.1, 0.15) is 23.5 Å². The summed E-state index contributed by atoms with van der Waals surface area (Å²) in [6.45, 7) is 10.7. The highest BCUT2D eigenvalue weighted by Crippen LogP contribution is 2.37. The first-order valence-electron chi connectivity index (χ1n) is 12.2. The van der Waals surface area contributed by atoms with Crippen molar-refractivity contribution in [3.05, 3.63) is 22.4 Å². The van der Waals surface area contributed by atoms with Crippen molar-refractivity contribution >= 4 is 38.7 Å². The molecule has 0 radical (unpaired) electrons. The van der Waals surface area contributed by atoms with Crippen molar-refractivity contribution in [2.75, 3.05) is 38.8 Å². The molecule has 1 aromatic carbocycles. The molecule has 9 nitrogen and oxygen atoms in total. The number of aromatic nitrogens is 2. The number of nitrogens with zero attached hydrogens (tertiary/aromatic N) is 4. The van der Waals surface area contributed by atoms with Gasteiger partial charge < -0.3 is 23.8 Å². The number of amides is 1. The Balaban J connectivity index is 0.00000176. The molecule has 2 aliphatic heterocycles. The lowest BCUT2D eigenvalue weighted by molar-refractivity contribution is -0.123. The normalized spacial score (nSPS) is 19.4. The van der Waals surface area contributed by atoms with Gasteiger partial charge in [-0.3, -0.25) is 4.90 Å². The number of piperazine rings is 1. The Morgan fingerprint density at radius 3 is 2.31 bits per heavy atom. The third-order valence-electron chi connectivity index (χ3n) is 5.98. The molecule has 4 rings (SSSR count). The number of anilines is 1. The fraction of sp³-hybridized carbons (Fsp3) is 0.640. The maximum atomic E-state index is 15.0. The number of carbonyl (C=O) groups excluding carboxylic acids is 1. The maximum Gasteiger partial charge on any atom is 0.410 e. The molecule has 0 saturated carbocycles. The number of fused-ring (bicyclic) bond motifs is 3. The second-order valence-corrected chi connectivity index (χ2v) is 10.3. The predicted octanol–water partition coefficient (Wildman–Crippen LogP) is 5.14. The zero-order valence-corrected chi connectivity index (χ0v) is 23.6. The SMILES string of the molecule is CC.COC(COc1nc(N2CC3CCC(C2)N3C(=O)OC(C)(C)C)c2ccc(Br)c(F)c2n1)OC. The van der Waals surface area contributed by atoms with Crippen LogP contribution in [0.4, 0.5) is 15.0 Å². The van der Waals surface area contributed by atoms with Gasteiger partial charge in [0, 0.05) is 32.7 Å². The lowest BCUT2D eigenvalue weighted by Gasteiger charge is -2.42. The topological polar surface area (TPSA) is 86.3 Å². The van der Waals surface area contributed by atoms with E-state index in [1.54, 1.807) is 12.1 Å². The number of methoxy groups -OCH3 is 2. The van der Waals surface area contributed by atoms with Gasteiger partial charge in [0.2, 0.25) is 0 Å². The average Bonchev–Trinajstić information content (AvgIpc) is 3.12. The van der Waals surface area contributed by atoms with Crippen LogP contribution in [0.25, 0.3) is 10.9 Å². The van der Waals surface area contributed by atoms with E-state index in [1.165, 1.54) is 14.2 Å². The Labute approximate surface area is 220 Å². The molecule has 0 aliphatic carbocycles. The number of halogens is 2. The van der Waals surface area contributed by atoms with Gasteiger partial charge in [0.25, 0.3) is 0 Å². The Kier molecular flexibility index (Phi) is 9.34. The molecule has 2 saturated heterocycles. The highest BCUT2D eigenvalue weighted by molar-refractivity contribution is 9.10. The Bertz CT molecular complexity index is 1050.